The van der Waals surface area contributed by atoms with Gasteiger partial charge in [-0.1, -0.05) is 32.9 Å². The van der Waals surface area contributed by atoms with Crippen molar-refractivity contribution in [2.24, 2.45) is 0 Å². The first-order chi connectivity index (χ1) is 8.50. The molecule has 0 spiro atoms. The van der Waals surface area contributed by atoms with Gasteiger partial charge in [-0.25, -0.2) is 4.98 Å². The molecule has 2 rings (SSSR count). The molecular formula is C15H21N3. The number of aromatic nitrogens is 2. The minimum absolute atomic E-state index is 0.195. The van der Waals surface area contributed by atoms with Crippen LogP contribution in [-0.4, -0.2) is 9.55 Å². The number of rotatable bonds is 3. The maximum atomic E-state index is 4.31. The molecule has 18 heavy (non-hydrogen) atoms. The highest BCUT2D eigenvalue weighted by Gasteiger charge is 2.12. The van der Waals surface area contributed by atoms with Crippen LogP contribution >= 0.6 is 0 Å². The second kappa shape index (κ2) is 4.84. The molecule has 2 aromatic rings. The molecule has 1 aromatic heterocycles. The number of aryl methyl sites for hydroxylation is 1. The van der Waals surface area contributed by atoms with Crippen LogP contribution in [0, 0.1) is 0 Å². The molecule has 0 amide bonds. The van der Waals surface area contributed by atoms with E-state index in [1.54, 1.807) is 0 Å². The van der Waals surface area contributed by atoms with Crippen LogP contribution in [0.2, 0.25) is 0 Å². The van der Waals surface area contributed by atoms with E-state index in [9.17, 15) is 0 Å². The summed E-state index contributed by atoms with van der Waals surface area (Å²) in [6, 6.07) is 8.55. The molecule has 1 aromatic carbocycles. The highest BCUT2D eigenvalue weighted by atomic mass is 15.2. The number of nitrogens with zero attached hydrogens (tertiary/aromatic N) is 2. The van der Waals surface area contributed by atoms with E-state index in [0.717, 1.165) is 18.2 Å². The third-order valence-electron chi connectivity index (χ3n) is 3.06. The van der Waals surface area contributed by atoms with Crippen LogP contribution in [0.15, 0.2) is 36.7 Å². The average molecular weight is 243 g/mol. The molecule has 0 aliphatic rings. The molecule has 3 heteroatoms. The van der Waals surface area contributed by atoms with Gasteiger partial charge in [-0.3, -0.25) is 0 Å². The van der Waals surface area contributed by atoms with E-state index < -0.39 is 0 Å². The quantitative estimate of drug-likeness (QED) is 0.884. The normalized spacial score (nSPS) is 11.6. The Kier molecular flexibility index (Phi) is 3.41. The second-order valence-electron chi connectivity index (χ2n) is 5.49. The fourth-order valence-corrected chi connectivity index (χ4v) is 1.87. The lowest BCUT2D eigenvalue weighted by molar-refractivity contribution is 0.590. The summed E-state index contributed by atoms with van der Waals surface area (Å²) in [6.07, 6.45) is 3.79. The Bertz CT molecular complexity index is 503. The Labute approximate surface area is 109 Å². The summed E-state index contributed by atoms with van der Waals surface area (Å²) in [5.41, 5.74) is 2.61. The standard InChI is InChI=1S/C15H21N3/c1-5-18-11-10-16-14(18)17-13-8-6-12(7-9-13)15(2,3)4/h6-11H,5H2,1-4H3,(H,16,17). The molecule has 96 valence electrons. The SMILES string of the molecule is CCn1ccnc1Nc1ccc(C(C)(C)C)cc1. The van der Waals surface area contributed by atoms with Crippen molar-refractivity contribution in [1.29, 1.82) is 0 Å². The first kappa shape index (κ1) is 12.7. The summed E-state index contributed by atoms with van der Waals surface area (Å²) in [5.74, 6) is 0.890. The van der Waals surface area contributed by atoms with E-state index in [1.807, 2.05) is 12.4 Å². The maximum Gasteiger partial charge on any atom is 0.207 e. The predicted molar refractivity (Wildman–Crippen MR) is 76.3 cm³/mol. The van der Waals surface area contributed by atoms with Gasteiger partial charge in [0.05, 0.1) is 0 Å². The van der Waals surface area contributed by atoms with E-state index >= 15 is 0 Å². The molecule has 0 bridgehead atoms. The highest BCUT2D eigenvalue weighted by molar-refractivity contribution is 5.54. The van der Waals surface area contributed by atoms with Crippen molar-refractivity contribution in [1.82, 2.24) is 9.55 Å². The number of anilines is 2. The molecule has 0 saturated carbocycles. The minimum Gasteiger partial charge on any atom is -0.326 e. The van der Waals surface area contributed by atoms with Crippen molar-refractivity contribution in [3.8, 4) is 0 Å². The molecule has 1 heterocycles. The summed E-state index contributed by atoms with van der Waals surface area (Å²) in [5, 5.41) is 3.33. The van der Waals surface area contributed by atoms with Crippen LogP contribution < -0.4 is 5.32 Å². The van der Waals surface area contributed by atoms with Gasteiger partial charge in [0.2, 0.25) is 5.95 Å². The minimum atomic E-state index is 0.195. The van der Waals surface area contributed by atoms with E-state index in [2.05, 4.69) is 66.8 Å². The Balaban J connectivity index is 2.16. The molecule has 3 nitrogen and oxygen atoms in total. The number of imidazole rings is 1. The first-order valence-corrected chi connectivity index (χ1v) is 6.39. The second-order valence-corrected chi connectivity index (χ2v) is 5.49. The van der Waals surface area contributed by atoms with Crippen molar-refractivity contribution < 1.29 is 0 Å². The topological polar surface area (TPSA) is 29.9 Å². The predicted octanol–water partition coefficient (Wildman–Crippen LogP) is 3.94. The van der Waals surface area contributed by atoms with E-state index in [1.165, 1.54) is 5.56 Å². The summed E-state index contributed by atoms with van der Waals surface area (Å²) < 4.78 is 2.08. The lowest BCUT2D eigenvalue weighted by Crippen LogP contribution is -2.10. The van der Waals surface area contributed by atoms with E-state index in [4.69, 9.17) is 0 Å². The average Bonchev–Trinajstić information content (AvgIpc) is 2.76. The van der Waals surface area contributed by atoms with Gasteiger partial charge in [-0.15, -0.1) is 0 Å². The van der Waals surface area contributed by atoms with Gasteiger partial charge in [0.1, 0.15) is 0 Å². The van der Waals surface area contributed by atoms with Gasteiger partial charge < -0.3 is 9.88 Å². The Morgan fingerprint density at radius 3 is 2.39 bits per heavy atom. The van der Waals surface area contributed by atoms with Crippen molar-refractivity contribution in [2.45, 2.75) is 39.7 Å². The van der Waals surface area contributed by atoms with Crippen molar-refractivity contribution in [3.05, 3.63) is 42.2 Å². The molecule has 0 unspecified atom stereocenters. The lowest BCUT2D eigenvalue weighted by Gasteiger charge is -2.19. The van der Waals surface area contributed by atoms with Crippen LogP contribution in [0.3, 0.4) is 0 Å². The van der Waals surface area contributed by atoms with Gasteiger partial charge in [-0.05, 0) is 30.0 Å². The largest absolute Gasteiger partial charge is 0.326 e. The van der Waals surface area contributed by atoms with Crippen LogP contribution in [0.5, 0.6) is 0 Å². The summed E-state index contributed by atoms with van der Waals surface area (Å²) >= 11 is 0. The maximum absolute atomic E-state index is 4.31. The third kappa shape index (κ3) is 2.73. The van der Waals surface area contributed by atoms with Crippen LogP contribution in [0.4, 0.5) is 11.6 Å². The third-order valence-corrected chi connectivity index (χ3v) is 3.06. The van der Waals surface area contributed by atoms with Gasteiger partial charge in [0.25, 0.3) is 0 Å². The van der Waals surface area contributed by atoms with E-state index in [-0.39, 0.29) is 5.41 Å². The Hall–Kier alpha value is -1.77. The number of benzene rings is 1. The lowest BCUT2D eigenvalue weighted by atomic mass is 9.87. The zero-order valence-electron chi connectivity index (χ0n) is 11.6. The van der Waals surface area contributed by atoms with Crippen LogP contribution in [0.25, 0.3) is 0 Å². The zero-order valence-corrected chi connectivity index (χ0v) is 11.6. The number of nitrogens with one attached hydrogen (secondary N) is 1. The molecule has 0 aliphatic heterocycles. The fourth-order valence-electron chi connectivity index (χ4n) is 1.87. The monoisotopic (exact) mass is 243 g/mol. The smallest absolute Gasteiger partial charge is 0.207 e. The summed E-state index contributed by atoms with van der Waals surface area (Å²) in [7, 11) is 0. The molecule has 0 fully saturated rings. The van der Waals surface area contributed by atoms with Crippen molar-refractivity contribution in [2.75, 3.05) is 5.32 Å². The zero-order chi connectivity index (χ0) is 13.2. The first-order valence-electron chi connectivity index (χ1n) is 6.39. The molecular weight excluding hydrogens is 222 g/mol. The number of hydrogen-bond donors (Lipinski definition) is 1. The fraction of sp³-hybridized carbons (Fsp3) is 0.400. The Morgan fingerprint density at radius 2 is 1.83 bits per heavy atom. The highest BCUT2D eigenvalue weighted by Crippen LogP contribution is 2.24. The molecule has 1 N–H and O–H groups in total. The molecule has 0 saturated heterocycles. The van der Waals surface area contributed by atoms with Gasteiger partial charge >= 0.3 is 0 Å². The Morgan fingerprint density at radius 1 is 1.17 bits per heavy atom. The van der Waals surface area contributed by atoms with Crippen molar-refractivity contribution >= 4 is 11.6 Å². The molecule has 0 radical (unpaired) electrons. The molecule has 0 atom stereocenters. The van der Waals surface area contributed by atoms with E-state index in [0.29, 0.717) is 0 Å². The van der Waals surface area contributed by atoms with Crippen LogP contribution in [-0.2, 0) is 12.0 Å². The number of hydrogen-bond acceptors (Lipinski definition) is 2. The van der Waals surface area contributed by atoms with Gasteiger partial charge in [0.15, 0.2) is 0 Å². The summed E-state index contributed by atoms with van der Waals surface area (Å²) in [6.45, 7) is 9.69. The van der Waals surface area contributed by atoms with Crippen molar-refractivity contribution in [3.63, 3.8) is 0 Å². The van der Waals surface area contributed by atoms with Gasteiger partial charge in [-0.2, -0.15) is 0 Å². The summed E-state index contributed by atoms with van der Waals surface area (Å²) in [4.78, 5) is 4.31. The van der Waals surface area contributed by atoms with Crippen LogP contribution in [0.1, 0.15) is 33.3 Å². The van der Waals surface area contributed by atoms with Gasteiger partial charge in [0, 0.05) is 24.6 Å². The molecule has 0 aliphatic carbocycles.